The smallest absolute Gasteiger partial charge is 0.194 e. The molecule has 0 amide bonds. The van der Waals surface area contributed by atoms with Crippen molar-refractivity contribution in [3.63, 3.8) is 0 Å². The van der Waals surface area contributed by atoms with Crippen molar-refractivity contribution < 1.29 is 4.79 Å². The summed E-state index contributed by atoms with van der Waals surface area (Å²) in [6, 6.07) is 18.2. The van der Waals surface area contributed by atoms with Crippen LogP contribution in [0.3, 0.4) is 0 Å². The maximum atomic E-state index is 12.8. The molecule has 0 saturated carbocycles. The van der Waals surface area contributed by atoms with Gasteiger partial charge in [0, 0.05) is 34.1 Å². The van der Waals surface area contributed by atoms with Crippen molar-refractivity contribution in [3.05, 3.63) is 65.7 Å². The van der Waals surface area contributed by atoms with E-state index in [-0.39, 0.29) is 5.78 Å². The number of hydrogen-bond donors (Lipinski definition) is 1. The zero-order valence-electron chi connectivity index (χ0n) is 13.2. The van der Waals surface area contributed by atoms with Gasteiger partial charge in [-0.2, -0.15) is 0 Å². The lowest BCUT2D eigenvalue weighted by atomic mass is 9.82. The molecule has 0 bridgehead atoms. The van der Waals surface area contributed by atoms with Crippen molar-refractivity contribution in [1.82, 2.24) is 0 Å². The van der Waals surface area contributed by atoms with Crippen LogP contribution in [0.4, 0.5) is 5.69 Å². The summed E-state index contributed by atoms with van der Waals surface area (Å²) in [4.78, 5) is 12.8. The molecule has 2 heteroatoms. The monoisotopic (exact) mass is 301 g/mol. The quantitative estimate of drug-likeness (QED) is 0.521. The summed E-state index contributed by atoms with van der Waals surface area (Å²) >= 11 is 0. The third-order valence-corrected chi connectivity index (χ3v) is 4.59. The number of nitrogens with one attached hydrogen (secondary N) is 1. The molecule has 1 N–H and O–H groups in total. The summed E-state index contributed by atoms with van der Waals surface area (Å²) in [6.45, 7) is 3.15. The van der Waals surface area contributed by atoms with Crippen molar-refractivity contribution in [2.45, 2.75) is 19.8 Å². The van der Waals surface area contributed by atoms with Gasteiger partial charge in [-0.25, -0.2) is 0 Å². The molecule has 0 fully saturated rings. The predicted molar refractivity (Wildman–Crippen MR) is 96.2 cm³/mol. The van der Waals surface area contributed by atoms with Crippen LogP contribution in [-0.2, 0) is 0 Å². The van der Waals surface area contributed by atoms with Crippen LogP contribution in [-0.4, -0.2) is 12.3 Å². The number of unbranched alkanes of at least 4 members (excludes halogenated alkanes) is 1. The minimum absolute atomic E-state index is 0.129. The summed E-state index contributed by atoms with van der Waals surface area (Å²) in [5.74, 6) is 0.129. The van der Waals surface area contributed by atoms with Crippen molar-refractivity contribution in [2.24, 2.45) is 0 Å². The molecule has 23 heavy (non-hydrogen) atoms. The summed E-state index contributed by atoms with van der Waals surface area (Å²) < 4.78 is 0. The van der Waals surface area contributed by atoms with E-state index in [1.165, 1.54) is 6.42 Å². The molecule has 3 aromatic carbocycles. The molecule has 0 aliphatic heterocycles. The van der Waals surface area contributed by atoms with E-state index in [9.17, 15) is 4.79 Å². The van der Waals surface area contributed by atoms with Crippen LogP contribution in [0, 0.1) is 0 Å². The van der Waals surface area contributed by atoms with Crippen molar-refractivity contribution in [1.29, 1.82) is 0 Å². The van der Waals surface area contributed by atoms with Crippen LogP contribution < -0.4 is 5.32 Å². The molecular formula is C21H19NO. The number of carbonyl (C=O) groups is 1. The number of hydrogen-bond acceptors (Lipinski definition) is 2. The Hall–Kier alpha value is -2.61. The average Bonchev–Trinajstić information content (AvgIpc) is 2.60. The fourth-order valence-electron chi connectivity index (χ4n) is 3.44. The highest BCUT2D eigenvalue weighted by Gasteiger charge is 2.25. The summed E-state index contributed by atoms with van der Waals surface area (Å²) in [5, 5.41) is 5.74. The summed E-state index contributed by atoms with van der Waals surface area (Å²) in [6.07, 6.45) is 2.31. The fraction of sp³-hybridized carbons (Fsp3) is 0.190. The predicted octanol–water partition coefficient (Wildman–Crippen LogP) is 5.26. The maximum absolute atomic E-state index is 12.8. The molecule has 3 aromatic rings. The van der Waals surface area contributed by atoms with Gasteiger partial charge < -0.3 is 5.32 Å². The second-order valence-electron chi connectivity index (χ2n) is 6.04. The van der Waals surface area contributed by atoms with E-state index in [0.717, 1.165) is 51.7 Å². The first-order valence-corrected chi connectivity index (χ1v) is 8.25. The average molecular weight is 301 g/mol. The Morgan fingerprint density at radius 3 is 2.43 bits per heavy atom. The van der Waals surface area contributed by atoms with Gasteiger partial charge in [0.2, 0.25) is 0 Å². The second-order valence-corrected chi connectivity index (χ2v) is 6.04. The second kappa shape index (κ2) is 5.54. The number of rotatable bonds is 4. The number of carbonyl (C=O) groups excluding carboxylic acids is 1. The lowest BCUT2D eigenvalue weighted by Gasteiger charge is -2.21. The Bertz CT molecular complexity index is 911. The SMILES string of the molecule is CCCCNc1ccc2c3c(cccc13)C(=O)c1ccccc1-2. The van der Waals surface area contributed by atoms with Gasteiger partial charge in [0.25, 0.3) is 0 Å². The van der Waals surface area contributed by atoms with Gasteiger partial charge in [-0.1, -0.05) is 61.9 Å². The molecule has 0 saturated heterocycles. The van der Waals surface area contributed by atoms with Crippen LogP contribution in [0.5, 0.6) is 0 Å². The highest BCUT2D eigenvalue weighted by atomic mass is 16.1. The standard InChI is InChI=1S/C21H19NO/c1-2-3-13-22-19-12-11-15-14-7-4-5-8-16(14)21(23)18-10-6-9-17(19)20(15)18/h4-12,22H,2-3,13H2,1H3. The Morgan fingerprint density at radius 2 is 1.61 bits per heavy atom. The Kier molecular flexibility index (Phi) is 3.38. The van der Waals surface area contributed by atoms with E-state index >= 15 is 0 Å². The molecular weight excluding hydrogens is 282 g/mol. The number of ketones is 1. The molecule has 2 nitrogen and oxygen atoms in total. The molecule has 0 radical (unpaired) electrons. The van der Waals surface area contributed by atoms with Gasteiger partial charge in [0.1, 0.15) is 0 Å². The van der Waals surface area contributed by atoms with Crippen LogP contribution >= 0.6 is 0 Å². The van der Waals surface area contributed by atoms with Gasteiger partial charge in [0.05, 0.1) is 0 Å². The van der Waals surface area contributed by atoms with Gasteiger partial charge in [-0.15, -0.1) is 0 Å². The Labute approximate surface area is 136 Å². The largest absolute Gasteiger partial charge is 0.385 e. The summed E-state index contributed by atoms with van der Waals surface area (Å²) in [5.41, 5.74) is 4.94. The van der Waals surface area contributed by atoms with Crippen LogP contribution in [0.25, 0.3) is 21.9 Å². The lowest BCUT2D eigenvalue weighted by Crippen LogP contribution is -2.10. The third kappa shape index (κ3) is 2.14. The molecule has 0 heterocycles. The lowest BCUT2D eigenvalue weighted by molar-refractivity contribution is 0.104. The zero-order chi connectivity index (χ0) is 15.8. The molecule has 114 valence electrons. The Balaban J connectivity index is 1.96. The molecule has 1 aliphatic carbocycles. The van der Waals surface area contributed by atoms with Crippen molar-refractivity contribution >= 4 is 22.2 Å². The zero-order valence-corrected chi connectivity index (χ0v) is 13.2. The number of anilines is 1. The normalized spacial score (nSPS) is 12.3. The molecule has 0 spiro atoms. The minimum atomic E-state index is 0.129. The summed E-state index contributed by atoms with van der Waals surface area (Å²) in [7, 11) is 0. The van der Waals surface area contributed by atoms with Crippen molar-refractivity contribution in [2.75, 3.05) is 11.9 Å². The van der Waals surface area contributed by atoms with E-state index in [1.807, 2.05) is 36.4 Å². The number of benzene rings is 3. The van der Waals surface area contributed by atoms with Gasteiger partial charge in [-0.05, 0) is 23.6 Å². The van der Waals surface area contributed by atoms with E-state index in [1.54, 1.807) is 0 Å². The molecule has 0 unspecified atom stereocenters. The Morgan fingerprint density at radius 1 is 0.826 bits per heavy atom. The highest BCUT2D eigenvalue weighted by Crippen LogP contribution is 2.41. The van der Waals surface area contributed by atoms with Gasteiger partial charge >= 0.3 is 0 Å². The fourth-order valence-corrected chi connectivity index (χ4v) is 3.44. The van der Waals surface area contributed by atoms with Crippen LogP contribution in [0.15, 0.2) is 54.6 Å². The first-order valence-electron chi connectivity index (χ1n) is 8.25. The maximum Gasteiger partial charge on any atom is 0.194 e. The van der Waals surface area contributed by atoms with E-state index in [0.29, 0.717) is 0 Å². The van der Waals surface area contributed by atoms with E-state index in [4.69, 9.17) is 0 Å². The van der Waals surface area contributed by atoms with Gasteiger partial charge in [-0.3, -0.25) is 4.79 Å². The molecule has 0 atom stereocenters. The topological polar surface area (TPSA) is 29.1 Å². The number of fused-ring (bicyclic) bond motifs is 2. The minimum Gasteiger partial charge on any atom is -0.385 e. The molecule has 1 aliphatic rings. The van der Waals surface area contributed by atoms with Crippen molar-refractivity contribution in [3.8, 4) is 11.1 Å². The molecule has 0 aromatic heterocycles. The first-order chi connectivity index (χ1) is 11.3. The molecule has 4 rings (SSSR count). The van der Waals surface area contributed by atoms with Gasteiger partial charge in [0.15, 0.2) is 5.78 Å². The highest BCUT2D eigenvalue weighted by molar-refractivity contribution is 6.27. The van der Waals surface area contributed by atoms with E-state index in [2.05, 4.69) is 30.4 Å². The third-order valence-electron chi connectivity index (χ3n) is 4.59. The van der Waals surface area contributed by atoms with Crippen LogP contribution in [0.1, 0.15) is 35.7 Å². The first kappa shape index (κ1) is 14.0. The van der Waals surface area contributed by atoms with Crippen LogP contribution in [0.2, 0.25) is 0 Å². The van der Waals surface area contributed by atoms with E-state index < -0.39 is 0 Å².